The molecule has 0 saturated carbocycles. The average Bonchev–Trinajstić information content (AvgIpc) is 2.64. The molecule has 2 aromatic rings. The van der Waals surface area contributed by atoms with Crippen molar-refractivity contribution >= 4 is 0 Å². The van der Waals surface area contributed by atoms with Crippen molar-refractivity contribution in [2.75, 3.05) is 0 Å². The summed E-state index contributed by atoms with van der Waals surface area (Å²) < 4.78 is 37.3. The minimum Gasteiger partial charge on any atom is -0.167 e. The van der Waals surface area contributed by atoms with Crippen molar-refractivity contribution in [3.05, 3.63) is 29.8 Å². The number of aryl methyl sites for hydroxylation is 1. The third-order valence-corrected chi connectivity index (χ3v) is 1.96. The molecule has 0 aliphatic carbocycles. The fraction of sp³-hybridized carbons (Fsp3) is 0.222. The highest BCUT2D eigenvalue weighted by molar-refractivity contribution is 5.55. The van der Waals surface area contributed by atoms with Crippen LogP contribution in [0.2, 0.25) is 0 Å². The van der Waals surface area contributed by atoms with E-state index in [0.29, 0.717) is 5.56 Å². The summed E-state index contributed by atoms with van der Waals surface area (Å²) in [6.45, 7) is 0. The maximum absolute atomic E-state index is 12.4. The van der Waals surface area contributed by atoms with Crippen LogP contribution in [0.4, 0.5) is 13.2 Å². The smallest absolute Gasteiger partial charge is 0.167 e. The van der Waals surface area contributed by atoms with Crippen LogP contribution in [-0.2, 0) is 13.2 Å². The first kappa shape index (κ1) is 10.6. The molecule has 84 valence electrons. The molecule has 0 N–H and O–H groups in total. The molecule has 1 heterocycles. The zero-order chi connectivity index (χ0) is 11.8. The van der Waals surface area contributed by atoms with Gasteiger partial charge in [0.2, 0.25) is 5.82 Å². The van der Waals surface area contributed by atoms with E-state index in [2.05, 4.69) is 15.4 Å². The van der Waals surface area contributed by atoms with E-state index in [1.165, 1.54) is 16.9 Å². The first-order valence-electron chi connectivity index (χ1n) is 4.38. The SMILES string of the molecule is Cn1nnc(-c2cccc(C(F)(F)F)c2)n1. The minimum absolute atomic E-state index is 0.175. The Labute approximate surface area is 88.7 Å². The van der Waals surface area contributed by atoms with Gasteiger partial charge in [-0.15, -0.1) is 10.2 Å². The first-order valence-corrected chi connectivity index (χ1v) is 4.38. The highest BCUT2D eigenvalue weighted by Crippen LogP contribution is 2.31. The van der Waals surface area contributed by atoms with Crippen molar-refractivity contribution < 1.29 is 13.2 Å². The Morgan fingerprint density at radius 1 is 1.25 bits per heavy atom. The van der Waals surface area contributed by atoms with Gasteiger partial charge in [-0.05, 0) is 17.3 Å². The van der Waals surface area contributed by atoms with Crippen molar-refractivity contribution in [3.63, 3.8) is 0 Å². The predicted octanol–water partition coefficient (Wildman–Crippen LogP) is 1.90. The lowest BCUT2D eigenvalue weighted by Crippen LogP contribution is -2.04. The lowest BCUT2D eigenvalue weighted by molar-refractivity contribution is -0.137. The summed E-state index contributed by atoms with van der Waals surface area (Å²) >= 11 is 0. The molecule has 7 heteroatoms. The lowest BCUT2D eigenvalue weighted by Gasteiger charge is -2.06. The molecule has 2 rings (SSSR count). The Morgan fingerprint density at radius 2 is 2.00 bits per heavy atom. The van der Waals surface area contributed by atoms with Crippen LogP contribution in [0.15, 0.2) is 24.3 Å². The van der Waals surface area contributed by atoms with E-state index >= 15 is 0 Å². The molecule has 0 bridgehead atoms. The molecule has 0 saturated heterocycles. The van der Waals surface area contributed by atoms with Crippen molar-refractivity contribution in [2.24, 2.45) is 7.05 Å². The number of aromatic nitrogens is 4. The molecule has 0 fully saturated rings. The van der Waals surface area contributed by atoms with Crippen LogP contribution in [0.25, 0.3) is 11.4 Å². The highest BCUT2D eigenvalue weighted by atomic mass is 19.4. The van der Waals surface area contributed by atoms with Gasteiger partial charge in [0.05, 0.1) is 12.6 Å². The molecule has 0 spiro atoms. The largest absolute Gasteiger partial charge is 0.416 e. The zero-order valence-electron chi connectivity index (χ0n) is 8.23. The van der Waals surface area contributed by atoms with Gasteiger partial charge in [-0.1, -0.05) is 12.1 Å². The van der Waals surface area contributed by atoms with Gasteiger partial charge in [-0.2, -0.15) is 18.0 Å². The molecule has 4 nitrogen and oxygen atoms in total. The third-order valence-electron chi connectivity index (χ3n) is 1.96. The van der Waals surface area contributed by atoms with Crippen LogP contribution < -0.4 is 0 Å². The predicted molar refractivity (Wildman–Crippen MR) is 49.2 cm³/mol. The van der Waals surface area contributed by atoms with Crippen molar-refractivity contribution in [2.45, 2.75) is 6.18 Å². The normalized spacial score (nSPS) is 11.8. The fourth-order valence-corrected chi connectivity index (χ4v) is 1.23. The Morgan fingerprint density at radius 3 is 2.56 bits per heavy atom. The molecule has 0 radical (unpaired) electrons. The minimum atomic E-state index is -4.36. The number of hydrogen-bond donors (Lipinski definition) is 0. The summed E-state index contributed by atoms with van der Waals surface area (Å²) in [6.07, 6.45) is -4.36. The van der Waals surface area contributed by atoms with Crippen molar-refractivity contribution in [1.82, 2.24) is 20.2 Å². The topological polar surface area (TPSA) is 43.6 Å². The molecule has 0 unspecified atom stereocenters. The number of nitrogens with zero attached hydrogens (tertiary/aromatic N) is 4. The van der Waals surface area contributed by atoms with Gasteiger partial charge in [-0.3, -0.25) is 0 Å². The number of rotatable bonds is 1. The number of tetrazole rings is 1. The van der Waals surface area contributed by atoms with Gasteiger partial charge < -0.3 is 0 Å². The highest BCUT2D eigenvalue weighted by Gasteiger charge is 2.30. The first-order chi connectivity index (χ1) is 7.47. The van der Waals surface area contributed by atoms with Crippen LogP contribution in [0.3, 0.4) is 0 Å². The van der Waals surface area contributed by atoms with Gasteiger partial charge in [0.15, 0.2) is 0 Å². The van der Waals surface area contributed by atoms with Crippen LogP contribution >= 0.6 is 0 Å². The van der Waals surface area contributed by atoms with Crippen LogP contribution in [0.1, 0.15) is 5.56 Å². The lowest BCUT2D eigenvalue weighted by atomic mass is 10.1. The maximum atomic E-state index is 12.4. The molecule has 0 atom stereocenters. The summed E-state index contributed by atoms with van der Waals surface area (Å²) in [5.41, 5.74) is -0.430. The second-order valence-electron chi connectivity index (χ2n) is 3.18. The average molecular weight is 228 g/mol. The number of halogens is 3. The second kappa shape index (κ2) is 3.58. The maximum Gasteiger partial charge on any atom is 0.416 e. The van der Waals surface area contributed by atoms with Gasteiger partial charge in [0.25, 0.3) is 0 Å². The van der Waals surface area contributed by atoms with Gasteiger partial charge in [0, 0.05) is 5.56 Å². The third kappa shape index (κ3) is 2.02. The monoisotopic (exact) mass is 228 g/mol. The van der Waals surface area contributed by atoms with E-state index in [4.69, 9.17) is 0 Å². The summed E-state index contributed by atoms with van der Waals surface area (Å²) in [5, 5.41) is 11.0. The van der Waals surface area contributed by atoms with Gasteiger partial charge in [-0.25, -0.2) is 0 Å². The summed E-state index contributed by atoms with van der Waals surface area (Å²) in [7, 11) is 1.55. The number of alkyl halides is 3. The molecular formula is C9H7F3N4. The van der Waals surface area contributed by atoms with Crippen LogP contribution in [0, 0.1) is 0 Å². The molecule has 16 heavy (non-hydrogen) atoms. The van der Waals surface area contributed by atoms with Crippen LogP contribution in [-0.4, -0.2) is 20.2 Å². The van der Waals surface area contributed by atoms with Crippen molar-refractivity contribution in [1.29, 1.82) is 0 Å². The molecular weight excluding hydrogens is 221 g/mol. The Kier molecular flexibility index (Phi) is 2.37. The van der Waals surface area contributed by atoms with Crippen LogP contribution in [0.5, 0.6) is 0 Å². The zero-order valence-corrected chi connectivity index (χ0v) is 8.23. The van der Waals surface area contributed by atoms with E-state index in [0.717, 1.165) is 12.1 Å². The summed E-state index contributed by atoms with van der Waals surface area (Å²) in [6, 6.07) is 4.82. The Bertz CT molecular complexity index is 503. The van der Waals surface area contributed by atoms with Crippen molar-refractivity contribution in [3.8, 4) is 11.4 Å². The molecule has 1 aromatic carbocycles. The number of benzene rings is 1. The molecule has 1 aromatic heterocycles. The fourth-order valence-electron chi connectivity index (χ4n) is 1.23. The summed E-state index contributed by atoms with van der Waals surface area (Å²) in [5.74, 6) is 0.175. The molecule has 0 amide bonds. The standard InChI is InChI=1S/C9H7F3N4/c1-16-14-8(13-15-16)6-3-2-4-7(5-6)9(10,11)12/h2-5H,1H3. The van der Waals surface area contributed by atoms with Gasteiger partial charge >= 0.3 is 6.18 Å². The second-order valence-corrected chi connectivity index (χ2v) is 3.18. The molecule has 0 aliphatic heterocycles. The number of hydrogen-bond acceptors (Lipinski definition) is 3. The van der Waals surface area contributed by atoms with Gasteiger partial charge in [0.1, 0.15) is 0 Å². The summed E-state index contributed by atoms with van der Waals surface area (Å²) in [4.78, 5) is 1.19. The van der Waals surface area contributed by atoms with E-state index in [1.54, 1.807) is 7.05 Å². The molecule has 0 aliphatic rings. The quantitative estimate of drug-likeness (QED) is 0.748. The van der Waals surface area contributed by atoms with E-state index in [1.807, 2.05) is 0 Å². The van der Waals surface area contributed by atoms with E-state index < -0.39 is 11.7 Å². The van der Waals surface area contributed by atoms with E-state index in [9.17, 15) is 13.2 Å². The Balaban J connectivity index is 2.44. The Hall–Kier alpha value is -1.92. The van der Waals surface area contributed by atoms with E-state index in [-0.39, 0.29) is 5.82 Å².